The summed E-state index contributed by atoms with van der Waals surface area (Å²) in [5.41, 5.74) is 6.44. The summed E-state index contributed by atoms with van der Waals surface area (Å²) in [6, 6.07) is 14.3. The molecule has 1 amide bonds. The van der Waals surface area contributed by atoms with Crippen molar-refractivity contribution in [2.75, 3.05) is 13.7 Å². The van der Waals surface area contributed by atoms with Crippen molar-refractivity contribution in [1.82, 2.24) is 14.6 Å². The van der Waals surface area contributed by atoms with Gasteiger partial charge in [0.05, 0.1) is 11.6 Å². The van der Waals surface area contributed by atoms with E-state index in [1.54, 1.807) is 37.5 Å². The van der Waals surface area contributed by atoms with Gasteiger partial charge in [0.2, 0.25) is 4.96 Å². The molecule has 8 nitrogen and oxygen atoms in total. The number of hydrogen-bond acceptors (Lipinski definition) is 7. The first-order chi connectivity index (χ1) is 14.0. The zero-order valence-electron chi connectivity index (χ0n) is 15.4. The van der Waals surface area contributed by atoms with Crippen LogP contribution >= 0.6 is 11.3 Å². The van der Waals surface area contributed by atoms with Crippen molar-refractivity contribution in [1.29, 1.82) is 0 Å². The topological polar surface area (TPSA) is 109 Å². The van der Waals surface area contributed by atoms with Crippen LogP contribution in [0.2, 0.25) is 0 Å². The molecule has 0 radical (unpaired) electrons. The summed E-state index contributed by atoms with van der Waals surface area (Å²) in [7, 11) is 1.60. The first-order valence-electron chi connectivity index (χ1n) is 8.60. The number of benzene rings is 2. The van der Waals surface area contributed by atoms with Gasteiger partial charge in [-0.3, -0.25) is 9.59 Å². The average Bonchev–Trinajstić information content (AvgIpc) is 3.27. The summed E-state index contributed by atoms with van der Waals surface area (Å²) in [4.78, 5) is 28.4. The molecule has 0 atom stereocenters. The van der Waals surface area contributed by atoms with E-state index in [2.05, 4.69) is 10.1 Å². The lowest BCUT2D eigenvalue weighted by molar-refractivity contribution is -0.119. The first kappa shape index (κ1) is 18.6. The van der Waals surface area contributed by atoms with Crippen LogP contribution in [0, 0.1) is 0 Å². The molecule has 0 aliphatic carbocycles. The van der Waals surface area contributed by atoms with Crippen molar-refractivity contribution < 1.29 is 14.3 Å². The minimum Gasteiger partial charge on any atom is -0.497 e. The van der Waals surface area contributed by atoms with Crippen LogP contribution in [0.5, 0.6) is 11.5 Å². The molecular formula is C20H16N4O4S. The number of thiazole rings is 1. The normalized spacial score (nSPS) is 11.7. The number of carbonyl (C=O) groups is 1. The van der Waals surface area contributed by atoms with Crippen LogP contribution in [0.15, 0.2) is 53.3 Å². The Labute approximate surface area is 168 Å². The van der Waals surface area contributed by atoms with E-state index in [0.29, 0.717) is 21.1 Å². The van der Waals surface area contributed by atoms with Crippen molar-refractivity contribution in [3.05, 3.63) is 69.0 Å². The SMILES string of the molecule is COc1ccc(-c2nc3s/c(=C\c4ccc(OCC(N)=O)cc4)c(=O)n3n2)cc1. The van der Waals surface area contributed by atoms with Crippen molar-refractivity contribution >= 4 is 28.3 Å². The number of aromatic nitrogens is 3. The Bertz CT molecular complexity index is 1280. The van der Waals surface area contributed by atoms with E-state index in [9.17, 15) is 9.59 Å². The van der Waals surface area contributed by atoms with Gasteiger partial charge in [0.1, 0.15) is 11.5 Å². The van der Waals surface area contributed by atoms with Crippen LogP contribution in [-0.4, -0.2) is 34.2 Å². The summed E-state index contributed by atoms with van der Waals surface area (Å²) in [6.07, 6.45) is 1.76. The number of amides is 1. The maximum absolute atomic E-state index is 12.7. The van der Waals surface area contributed by atoms with Gasteiger partial charge in [-0.05, 0) is 48.0 Å². The third kappa shape index (κ3) is 3.94. The number of nitrogens with zero attached hydrogens (tertiary/aromatic N) is 3. The maximum Gasteiger partial charge on any atom is 0.291 e. The van der Waals surface area contributed by atoms with Crippen molar-refractivity contribution in [3.63, 3.8) is 0 Å². The van der Waals surface area contributed by atoms with Crippen LogP contribution < -0.4 is 25.3 Å². The Morgan fingerprint density at radius 3 is 2.45 bits per heavy atom. The van der Waals surface area contributed by atoms with Crippen LogP contribution in [0.25, 0.3) is 22.4 Å². The van der Waals surface area contributed by atoms with Gasteiger partial charge in [-0.15, -0.1) is 5.10 Å². The summed E-state index contributed by atoms with van der Waals surface area (Å²) in [5.74, 6) is 1.20. The second-order valence-electron chi connectivity index (χ2n) is 6.10. The number of methoxy groups -OCH3 is 1. The molecule has 4 aromatic rings. The van der Waals surface area contributed by atoms with E-state index in [1.807, 2.05) is 24.3 Å². The van der Waals surface area contributed by atoms with Gasteiger partial charge in [0.15, 0.2) is 12.4 Å². The van der Waals surface area contributed by atoms with Crippen molar-refractivity contribution in [2.45, 2.75) is 0 Å². The molecule has 2 aromatic heterocycles. The highest BCUT2D eigenvalue weighted by Crippen LogP contribution is 2.20. The quantitative estimate of drug-likeness (QED) is 0.514. The Hall–Kier alpha value is -3.72. The second-order valence-corrected chi connectivity index (χ2v) is 7.11. The van der Waals surface area contributed by atoms with Gasteiger partial charge < -0.3 is 15.2 Å². The van der Waals surface area contributed by atoms with Crippen LogP contribution in [0.3, 0.4) is 0 Å². The van der Waals surface area contributed by atoms with E-state index >= 15 is 0 Å². The van der Waals surface area contributed by atoms with Crippen LogP contribution in [0.1, 0.15) is 5.56 Å². The smallest absolute Gasteiger partial charge is 0.291 e. The molecule has 146 valence electrons. The van der Waals surface area contributed by atoms with Gasteiger partial charge in [0.25, 0.3) is 11.5 Å². The largest absolute Gasteiger partial charge is 0.497 e. The predicted octanol–water partition coefficient (Wildman–Crippen LogP) is 1.24. The lowest BCUT2D eigenvalue weighted by Crippen LogP contribution is -2.23. The molecule has 2 heterocycles. The standard InChI is InChI=1S/C20H16N4O4S/c1-27-14-8-4-13(5-9-14)18-22-20-24(23-18)19(26)16(29-20)10-12-2-6-15(7-3-12)28-11-17(21)25/h2-10H,11H2,1H3,(H2,21,25)/b16-10-. The third-order valence-electron chi connectivity index (χ3n) is 4.09. The maximum atomic E-state index is 12.7. The molecule has 29 heavy (non-hydrogen) atoms. The highest BCUT2D eigenvalue weighted by molar-refractivity contribution is 7.15. The fourth-order valence-electron chi connectivity index (χ4n) is 2.66. The number of primary amides is 1. The van der Waals surface area contributed by atoms with Crippen molar-refractivity contribution in [3.8, 4) is 22.9 Å². The van der Waals surface area contributed by atoms with Crippen LogP contribution in [0.4, 0.5) is 0 Å². The Morgan fingerprint density at radius 1 is 1.14 bits per heavy atom. The highest BCUT2D eigenvalue weighted by Gasteiger charge is 2.12. The zero-order chi connectivity index (χ0) is 20.4. The first-order valence-corrected chi connectivity index (χ1v) is 9.42. The third-order valence-corrected chi connectivity index (χ3v) is 5.05. The summed E-state index contributed by atoms with van der Waals surface area (Å²) < 4.78 is 12.2. The number of carbonyl (C=O) groups excluding carboxylic acids is 1. The fraction of sp³-hybridized carbons (Fsp3) is 0.100. The van der Waals surface area contributed by atoms with Gasteiger partial charge >= 0.3 is 0 Å². The number of rotatable bonds is 6. The monoisotopic (exact) mass is 408 g/mol. The molecule has 2 N–H and O–H groups in total. The molecule has 0 unspecified atom stereocenters. The second kappa shape index (κ2) is 7.72. The number of fused-ring (bicyclic) bond motifs is 1. The molecule has 4 rings (SSSR count). The molecule has 0 saturated carbocycles. The average molecular weight is 408 g/mol. The molecule has 0 aliphatic rings. The summed E-state index contributed by atoms with van der Waals surface area (Å²) >= 11 is 1.26. The molecular weight excluding hydrogens is 392 g/mol. The molecule has 0 bridgehead atoms. The van der Waals surface area contributed by atoms with Gasteiger partial charge in [-0.1, -0.05) is 23.5 Å². The fourth-order valence-corrected chi connectivity index (χ4v) is 3.57. The molecule has 2 aromatic carbocycles. The van der Waals surface area contributed by atoms with Gasteiger partial charge in [-0.25, -0.2) is 0 Å². The molecule has 0 saturated heterocycles. The summed E-state index contributed by atoms with van der Waals surface area (Å²) in [5, 5.41) is 4.33. The van der Waals surface area contributed by atoms with Crippen LogP contribution in [-0.2, 0) is 4.79 Å². The Kier molecular flexibility index (Phi) is 4.96. The van der Waals surface area contributed by atoms with Crippen molar-refractivity contribution in [2.24, 2.45) is 5.73 Å². The molecule has 0 aliphatic heterocycles. The molecule has 0 fully saturated rings. The summed E-state index contributed by atoms with van der Waals surface area (Å²) in [6.45, 7) is -0.182. The number of nitrogens with two attached hydrogens (primary N) is 1. The van der Waals surface area contributed by atoms with E-state index in [0.717, 1.165) is 16.9 Å². The lowest BCUT2D eigenvalue weighted by atomic mass is 10.2. The minimum absolute atomic E-state index is 0.182. The van der Waals surface area contributed by atoms with E-state index in [4.69, 9.17) is 15.2 Å². The number of ether oxygens (including phenoxy) is 2. The van der Waals surface area contributed by atoms with E-state index < -0.39 is 5.91 Å². The highest BCUT2D eigenvalue weighted by atomic mass is 32.1. The zero-order valence-corrected chi connectivity index (χ0v) is 16.2. The number of hydrogen-bond donors (Lipinski definition) is 1. The lowest BCUT2D eigenvalue weighted by Gasteiger charge is -2.03. The molecule has 0 spiro atoms. The Morgan fingerprint density at radius 2 is 1.83 bits per heavy atom. The van der Waals surface area contributed by atoms with E-state index in [-0.39, 0.29) is 12.2 Å². The van der Waals surface area contributed by atoms with Gasteiger partial charge in [-0.2, -0.15) is 9.50 Å². The molecule has 9 heteroatoms. The van der Waals surface area contributed by atoms with E-state index in [1.165, 1.54) is 15.9 Å². The Balaban J connectivity index is 1.61. The minimum atomic E-state index is -0.542. The van der Waals surface area contributed by atoms with Gasteiger partial charge in [0, 0.05) is 5.56 Å². The predicted molar refractivity (Wildman–Crippen MR) is 109 cm³/mol.